The number of ether oxygens (including phenoxy) is 2. The minimum atomic E-state index is -1.09. The lowest BCUT2D eigenvalue weighted by atomic mass is 9.92. The summed E-state index contributed by atoms with van der Waals surface area (Å²) in [5.41, 5.74) is 0.582. The summed E-state index contributed by atoms with van der Waals surface area (Å²) in [7, 11) is 0. The third-order valence-electron chi connectivity index (χ3n) is 5.60. The first kappa shape index (κ1) is 23.6. The quantitative estimate of drug-likeness (QED) is 0.552. The van der Waals surface area contributed by atoms with Gasteiger partial charge >= 0.3 is 11.9 Å². The summed E-state index contributed by atoms with van der Waals surface area (Å²) in [6.45, 7) is 3.06. The first-order valence-corrected chi connectivity index (χ1v) is 11.7. The molecule has 1 unspecified atom stereocenters. The second-order valence-corrected chi connectivity index (χ2v) is 8.82. The summed E-state index contributed by atoms with van der Waals surface area (Å²) in [6, 6.07) is 5.95. The first-order valence-electron chi connectivity index (χ1n) is 10.7. The number of aliphatic carboxylic acids is 1. The van der Waals surface area contributed by atoms with E-state index in [4.69, 9.17) is 9.47 Å². The summed E-state index contributed by atoms with van der Waals surface area (Å²) in [4.78, 5) is 39.5. The van der Waals surface area contributed by atoms with E-state index in [2.05, 4.69) is 5.32 Å². The molecule has 2 N–H and O–H groups in total. The van der Waals surface area contributed by atoms with Crippen molar-refractivity contribution in [2.75, 3.05) is 37.0 Å². The molecule has 2 aliphatic rings. The molecule has 2 heterocycles. The van der Waals surface area contributed by atoms with Gasteiger partial charge in [0, 0.05) is 23.9 Å². The summed E-state index contributed by atoms with van der Waals surface area (Å²) in [5, 5.41) is 12.5. The molecule has 0 radical (unpaired) electrons. The number of nitrogens with one attached hydrogen (secondary N) is 1. The van der Waals surface area contributed by atoms with E-state index in [-0.39, 0.29) is 18.5 Å². The van der Waals surface area contributed by atoms with Gasteiger partial charge in [0.1, 0.15) is 12.6 Å². The third kappa shape index (κ3) is 6.44. The number of rotatable bonds is 9. The molecule has 1 aromatic carbocycles. The van der Waals surface area contributed by atoms with Crippen molar-refractivity contribution in [3.63, 3.8) is 0 Å². The Morgan fingerprint density at radius 3 is 2.77 bits per heavy atom. The monoisotopic (exact) mass is 450 g/mol. The number of hydrogen-bond acceptors (Lipinski definition) is 7. The molecule has 1 aromatic rings. The lowest BCUT2D eigenvalue weighted by Crippen LogP contribution is -2.54. The second kappa shape index (κ2) is 11.5. The van der Waals surface area contributed by atoms with Crippen LogP contribution >= 0.6 is 11.8 Å². The predicted octanol–water partition coefficient (Wildman–Crippen LogP) is 2.31. The van der Waals surface area contributed by atoms with Crippen LogP contribution in [0.5, 0.6) is 0 Å². The molecule has 9 heteroatoms. The summed E-state index contributed by atoms with van der Waals surface area (Å²) in [6.07, 6.45) is 3.34. The summed E-state index contributed by atoms with van der Waals surface area (Å²) >= 11 is 1.48. The Morgan fingerprint density at radius 1 is 1.32 bits per heavy atom. The Kier molecular flexibility index (Phi) is 8.74. The highest BCUT2D eigenvalue weighted by atomic mass is 32.2. The van der Waals surface area contributed by atoms with Gasteiger partial charge < -0.3 is 14.6 Å². The number of carbonyl (C=O) groups is 3. The number of fused-ring (bicyclic) bond motifs is 1. The second-order valence-electron chi connectivity index (χ2n) is 7.75. The van der Waals surface area contributed by atoms with Gasteiger partial charge in [0.15, 0.2) is 0 Å². The number of para-hydroxylation sites is 1. The average molecular weight is 451 g/mol. The summed E-state index contributed by atoms with van der Waals surface area (Å²) < 4.78 is 10.7. The maximum atomic E-state index is 13.3. The number of anilines is 1. The zero-order valence-electron chi connectivity index (χ0n) is 17.7. The van der Waals surface area contributed by atoms with Gasteiger partial charge in [-0.1, -0.05) is 12.1 Å². The topological polar surface area (TPSA) is 105 Å². The van der Waals surface area contributed by atoms with Crippen LogP contribution in [0, 0.1) is 5.92 Å². The Balaban J connectivity index is 1.74. The molecule has 0 spiro atoms. The largest absolute Gasteiger partial charge is 0.480 e. The van der Waals surface area contributed by atoms with Gasteiger partial charge in [-0.25, -0.2) is 0 Å². The number of carboxylic acid groups (broad SMARTS) is 1. The average Bonchev–Trinajstić information content (AvgIpc) is 2.89. The van der Waals surface area contributed by atoms with Gasteiger partial charge in [-0.05, 0) is 50.7 Å². The Labute approximate surface area is 186 Å². The highest BCUT2D eigenvalue weighted by Crippen LogP contribution is 2.34. The maximum absolute atomic E-state index is 13.3. The molecule has 1 amide bonds. The number of amides is 1. The van der Waals surface area contributed by atoms with Crippen molar-refractivity contribution in [1.82, 2.24) is 5.32 Å². The van der Waals surface area contributed by atoms with Gasteiger partial charge in [-0.15, -0.1) is 11.8 Å². The van der Waals surface area contributed by atoms with E-state index in [0.717, 1.165) is 37.4 Å². The zero-order valence-corrected chi connectivity index (χ0v) is 18.6. The van der Waals surface area contributed by atoms with Crippen LogP contribution in [0.2, 0.25) is 0 Å². The molecular weight excluding hydrogens is 420 g/mol. The molecular formula is C22H30N2O6S. The minimum absolute atomic E-state index is 0.262. The predicted molar refractivity (Wildman–Crippen MR) is 117 cm³/mol. The van der Waals surface area contributed by atoms with Crippen molar-refractivity contribution in [2.24, 2.45) is 5.92 Å². The molecule has 8 nitrogen and oxygen atoms in total. The van der Waals surface area contributed by atoms with Crippen molar-refractivity contribution in [1.29, 1.82) is 0 Å². The number of carboxylic acids is 1. The number of benzene rings is 1. The molecule has 0 aromatic heterocycles. The molecule has 1 saturated heterocycles. The van der Waals surface area contributed by atoms with E-state index in [1.54, 1.807) is 19.1 Å². The van der Waals surface area contributed by atoms with E-state index < -0.39 is 24.6 Å². The molecule has 0 bridgehead atoms. The van der Waals surface area contributed by atoms with Gasteiger partial charge in [0.2, 0.25) is 5.91 Å². The number of thioether (sulfide) groups is 1. The van der Waals surface area contributed by atoms with Crippen molar-refractivity contribution >= 4 is 35.3 Å². The smallest absolute Gasteiger partial charge is 0.323 e. The molecule has 170 valence electrons. The van der Waals surface area contributed by atoms with E-state index in [1.165, 1.54) is 16.7 Å². The SMILES string of the molecule is CCOC(=O)[C@@H](CCC1CCOCC1)NC1CSc2ccccc2N(CC(=O)O)C1=O. The number of carbonyl (C=O) groups excluding carboxylic acids is 2. The molecule has 2 atom stereocenters. The number of esters is 1. The highest BCUT2D eigenvalue weighted by Gasteiger charge is 2.35. The van der Waals surface area contributed by atoms with Crippen LogP contribution < -0.4 is 10.2 Å². The molecule has 2 aliphatic heterocycles. The fourth-order valence-electron chi connectivity index (χ4n) is 3.96. The van der Waals surface area contributed by atoms with Gasteiger partial charge in [-0.3, -0.25) is 24.6 Å². The van der Waals surface area contributed by atoms with Crippen molar-refractivity contribution in [2.45, 2.75) is 49.6 Å². The molecule has 1 fully saturated rings. The Hall–Kier alpha value is -2.10. The van der Waals surface area contributed by atoms with Crippen LogP contribution in [0.3, 0.4) is 0 Å². The fraction of sp³-hybridized carbons (Fsp3) is 0.591. The van der Waals surface area contributed by atoms with Crippen molar-refractivity contribution < 1.29 is 29.0 Å². The van der Waals surface area contributed by atoms with Gasteiger partial charge in [0.25, 0.3) is 0 Å². The van der Waals surface area contributed by atoms with Gasteiger partial charge in [0.05, 0.1) is 18.3 Å². The van der Waals surface area contributed by atoms with Crippen molar-refractivity contribution in [3.05, 3.63) is 24.3 Å². The number of hydrogen-bond donors (Lipinski definition) is 2. The molecule has 0 saturated carbocycles. The van der Waals surface area contributed by atoms with Crippen LogP contribution in [-0.4, -0.2) is 67.2 Å². The summed E-state index contributed by atoms with van der Waals surface area (Å²) in [5.74, 6) is -0.923. The molecule has 3 rings (SSSR count). The van der Waals surface area contributed by atoms with E-state index in [9.17, 15) is 19.5 Å². The minimum Gasteiger partial charge on any atom is -0.480 e. The fourth-order valence-corrected chi connectivity index (χ4v) is 5.05. The van der Waals surface area contributed by atoms with Crippen LogP contribution in [0.25, 0.3) is 0 Å². The van der Waals surface area contributed by atoms with E-state index in [0.29, 0.717) is 23.8 Å². The van der Waals surface area contributed by atoms with E-state index >= 15 is 0 Å². The lowest BCUT2D eigenvalue weighted by molar-refractivity contribution is -0.146. The highest BCUT2D eigenvalue weighted by molar-refractivity contribution is 7.99. The van der Waals surface area contributed by atoms with E-state index in [1.807, 2.05) is 12.1 Å². The van der Waals surface area contributed by atoms with Gasteiger partial charge in [-0.2, -0.15) is 0 Å². The zero-order chi connectivity index (χ0) is 22.2. The maximum Gasteiger partial charge on any atom is 0.323 e. The van der Waals surface area contributed by atoms with Crippen LogP contribution in [0.4, 0.5) is 5.69 Å². The van der Waals surface area contributed by atoms with Crippen LogP contribution in [0.1, 0.15) is 32.6 Å². The lowest BCUT2D eigenvalue weighted by Gasteiger charge is -2.28. The standard InChI is InChI=1S/C22H30N2O6S/c1-2-30-22(28)16(8-7-15-9-11-29-12-10-15)23-17-14-31-19-6-4-3-5-18(19)24(21(17)27)13-20(25)26/h3-6,15-17,23H,2,7-14H2,1H3,(H,25,26)/t16-,17?/m1/s1. The van der Waals surface area contributed by atoms with Crippen LogP contribution in [0.15, 0.2) is 29.2 Å². The Morgan fingerprint density at radius 2 is 2.06 bits per heavy atom. The van der Waals surface area contributed by atoms with Crippen molar-refractivity contribution in [3.8, 4) is 0 Å². The number of nitrogens with zero attached hydrogens (tertiary/aromatic N) is 1. The third-order valence-corrected chi connectivity index (χ3v) is 6.75. The molecule has 0 aliphatic carbocycles. The van der Waals surface area contributed by atoms with Crippen LogP contribution in [-0.2, 0) is 23.9 Å². The first-order chi connectivity index (χ1) is 15.0. The normalized spacial score (nSPS) is 20.6. The Bertz CT molecular complexity index is 783. The molecule has 31 heavy (non-hydrogen) atoms.